The fourth-order valence-corrected chi connectivity index (χ4v) is 5.28. The van der Waals surface area contributed by atoms with Gasteiger partial charge in [-0.3, -0.25) is 18.7 Å². The number of hydrogen-bond donors (Lipinski definition) is 3. The van der Waals surface area contributed by atoms with Gasteiger partial charge in [-0.15, -0.1) is 0 Å². The molecule has 0 unspecified atom stereocenters. The van der Waals surface area contributed by atoms with Crippen molar-refractivity contribution in [2.45, 2.75) is 50.9 Å². The number of hydrogen-bond acceptors (Lipinski definition) is 7. The van der Waals surface area contributed by atoms with Crippen molar-refractivity contribution in [3.63, 3.8) is 0 Å². The Bertz CT molecular complexity index is 1630. The molecule has 3 atom stereocenters. The van der Waals surface area contributed by atoms with Crippen molar-refractivity contribution < 1.29 is 15.0 Å². The Morgan fingerprint density at radius 3 is 2.73 bits per heavy atom. The van der Waals surface area contributed by atoms with Crippen LogP contribution in [0, 0.1) is 6.92 Å². The van der Waals surface area contributed by atoms with Crippen molar-refractivity contribution in [1.82, 2.24) is 33.6 Å². The molecule has 1 saturated heterocycles. The molecule has 1 aromatic carbocycles. The van der Waals surface area contributed by atoms with Gasteiger partial charge in [0.2, 0.25) is 5.91 Å². The number of aromatic nitrogens is 6. The lowest BCUT2D eigenvalue weighted by atomic mass is 9.91. The molecule has 0 aliphatic carbocycles. The standard InChI is InChI=1S/C25H31N7O5/c1-14-5-6-16-17(9-14)28-19(27-16)7-8-20(34)31-11-15(33)10-25(2,37)18(12-31)32-13-26-22-21(32)23(35)30(4)24(36)29(22)3/h5-6,9,13,15,18,33,37H,7-8,10-12H2,1-4H3,(H,27,28)/t15-,18+,25+/m0/s1. The molecule has 0 radical (unpaired) electrons. The first-order valence-corrected chi connectivity index (χ1v) is 12.2. The highest BCUT2D eigenvalue weighted by molar-refractivity contribution is 5.78. The van der Waals surface area contributed by atoms with Crippen LogP contribution in [0.4, 0.5) is 0 Å². The number of β-amino-alcohol motifs (C(OH)–C–C–N with tert-alkyl or cyclic N) is 1. The molecule has 12 heteroatoms. The Balaban J connectivity index is 1.44. The van der Waals surface area contributed by atoms with Gasteiger partial charge in [0, 0.05) is 46.4 Å². The molecule has 1 amide bonds. The number of aliphatic hydroxyl groups excluding tert-OH is 1. The zero-order chi connectivity index (χ0) is 26.6. The van der Waals surface area contributed by atoms with Gasteiger partial charge in [0.1, 0.15) is 5.82 Å². The highest BCUT2D eigenvalue weighted by Gasteiger charge is 2.42. The van der Waals surface area contributed by atoms with Gasteiger partial charge in [-0.05, 0) is 31.5 Å². The monoisotopic (exact) mass is 509 g/mol. The van der Waals surface area contributed by atoms with Crippen LogP contribution < -0.4 is 11.2 Å². The van der Waals surface area contributed by atoms with Crippen LogP contribution in [0.3, 0.4) is 0 Å². The molecule has 3 N–H and O–H groups in total. The smallest absolute Gasteiger partial charge is 0.332 e. The summed E-state index contributed by atoms with van der Waals surface area (Å²) in [4.78, 5) is 52.3. The minimum Gasteiger partial charge on any atom is -0.391 e. The number of likely N-dealkylation sites (tertiary alicyclic amines) is 1. The summed E-state index contributed by atoms with van der Waals surface area (Å²) in [6, 6.07) is 5.13. The van der Waals surface area contributed by atoms with Crippen molar-refractivity contribution in [2.24, 2.45) is 14.1 Å². The van der Waals surface area contributed by atoms with Gasteiger partial charge in [-0.2, -0.15) is 0 Å². The zero-order valence-electron chi connectivity index (χ0n) is 21.3. The number of carbonyl (C=O) groups excluding carboxylic acids is 1. The van der Waals surface area contributed by atoms with Crippen LogP contribution in [0.5, 0.6) is 0 Å². The van der Waals surface area contributed by atoms with Gasteiger partial charge in [0.25, 0.3) is 5.56 Å². The molecule has 4 aromatic rings. The number of aromatic amines is 1. The number of aryl methyl sites for hydroxylation is 3. The first-order chi connectivity index (χ1) is 17.5. The Morgan fingerprint density at radius 1 is 1.22 bits per heavy atom. The first kappa shape index (κ1) is 24.9. The molecule has 196 valence electrons. The van der Waals surface area contributed by atoms with Crippen LogP contribution in [0.15, 0.2) is 34.1 Å². The number of aliphatic hydroxyl groups is 2. The number of carbonyl (C=O) groups is 1. The second kappa shape index (κ2) is 8.96. The van der Waals surface area contributed by atoms with Gasteiger partial charge in [-0.25, -0.2) is 14.8 Å². The van der Waals surface area contributed by atoms with Gasteiger partial charge >= 0.3 is 5.69 Å². The van der Waals surface area contributed by atoms with Gasteiger partial charge < -0.3 is 24.7 Å². The average molecular weight is 510 g/mol. The molecule has 3 aromatic heterocycles. The SMILES string of the molecule is Cc1ccc2nc(CCC(=O)N3C[C@@H](O)C[C@@](C)(O)[C@H](n4cnc5c4c(=O)n(C)c(=O)n5C)C3)[nH]c2c1. The topological polar surface area (TPSA) is 151 Å². The molecule has 12 nitrogen and oxygen atoms in total. The van der Waals surface area contributed by atoms with Crippen molar-refractivity contribution in [3.8, 4) is 0 Å². The van der Waals surface area contributed by atoms with E-state index in [-0.39, 0.29) is 43.0 Å². The maximum atomic E-state index is 13.3. The second-order valence-electron chi connectivity index (χ2n) is 10.3. The molecule has 1 aliphatic rings. The van der Waals surface area contributed by atoms with Gasteiger partial charge in [0.05, 0.1) is 35.1 Å². The quantitative estimate of drug-likeness (QED) is 0.354. The fraction of sp³-hybridized carbons (Fsp3) is 0.480. The lowest BCUT2D eigenvalue weighted by molar-refractivity contribution is -0.132. The first-order valence-electron chi connectivity index (χ1n) is 12.2. The summed E-state index contributed by atoms with van der Waals surface area (Å²) >= 11 is 0. The van der Waals surface area contributed by atoms with Crippen LogP contribution in [0.2, 0.25) is 0 Å². The van der Waals surface area contributed by atoms with E-state index in [9.17, 15) is 24.6 Å². The normalized spacial score (nSPS) is 22.6. The number of nitrogens with one attached hydrogen (secondary N) is 1. The predicted octanol–water partition coefficient (Wildman–Crippen LogP) is 0.137. The third-order valence-electron chi connectivity index (χ3n) is 7.32. The summed E-state index contributed by atoms with van der Waals surface area (Å²) < 4.78 is 3.78. The summed E-state index contributed by atoms with van der Waals surface area (Å²) in [5.74, 6) is 0.487. The van der Waals surface area contributed by atoms with Gasteiger partial charge in [-0.1, -0.05) is 6.07 Å². The number of fused-ring (bicyclic) bond motifs is 2. The molecule has 1 fully saturated rings. The van der Waals surface area contributed by atoms with Crippen LogP contribution >= 0.6 is 0 Å². The zero-order valence-corrected chi connectivity index (χ0v) is 21.3. The van der Waals surface area contributed by atoms with E-state index in [2.05, 4.69) is 15.0 Å². The van der Waals surface area contributed by atoms with Crippen LogP contribution in [-0.4, -0.2) is 74.5 Å². The third kappa shape index (κ3) is 4.36. The molecule has 0 bridgehead atoms. The minimum absolute atomic E-state index is 0.00385. The summed E-state index contributed by atoms with van der Waals surface area (Å²) in [5, 5.41) is 22.0. The van der Waals surface area contributed by atoms with E-state index in [1.54, 1.807) is 6.92 Å². The van der Waals surface area contributed by atoms with Crippen molar-refractivity contribution in [2.75, 3.05) is 13.1 Å². The van der Waals surface area contributed by atoms with E-state index < -0.39 is 29.0 Å². The highest BCUT2D eigenvalue weighted by atomic mass is 16.3. The van der Waals surface area contributed by atoms with Gasteiger partial charge in [0.15, 0.2) is 11.2 Å². The Morgan fingerprint density at radius 2 is 1.97 bits per heavy atom. The number of amides is 1. The number of H-pyrrole nitrogens is 1. The van der Waals surface area contributed by atoms with Crippen LogP contribution in [0.1, 0.15) is 37.2 Å². The third-order valence-corrected chi connectivity index (χ3v) is 7.32. The molecule has 4 heterocycles. The van der Waals surface area contributed by atoms with Crippen molar-refractivity contribution >= 4 is 28.1 Å². The molecule has 0 spiro atoms. The summed E-state index contributed by atoms with van der Waals surface area (Å²) in [6.07, 6.45) is 0.982. The summed E-state index contributed by atoms with van der Waals surface area (Å²) in [6.45, 7) is 3.68. The van der Waals surface area contributed by atoms with E-state index >= 15 is 0 Å². The van der Waals surface area contributed by atoms with E-state index in [1.165, 1.54) is 34.5 Å². The Hall–Kier alpha value is -3.77. The number of nitrogens with zero attached hydrogens (tertiary/aromatic N) is 6. The molecule has 37 heavy (non-hydrogen) atoms. The molecule has 5 rings (SSSR count). The maximum Gasteiger partial charge on any atom is 0.332 e. The van der Waals surface area contributed by atoms with Crippen LogP contribution in [0.25, 0.3) is 22.2 Å². The lowest BCUT2D eigenvalue weighted by Crippen LogP contribution is -2.44. The Labute approximate surface area is 211 Å². The molecule has 0 saturated carbocycles. The summed E-state index contributed by atoms with van der Waals surface area (Å²) in [5.41, 5.74) is 0.667. The van der Waals surface area contributed by atoms with Crippen molar-refractivity contribution in [1.29, 1.82) is 0 Å². The average Bonchev–Trinajstić information content (AvgIpc) is 3.42. The molecule has 1 aliphatic heterocycles. The summed E-state index contributed by atoms with van der Waals surface area (Å²) in [7, 11) is 2.90. The molecular formula is C25H31N7O5. The van der Waals surface area contributed by atoms with Crippen LogP contribution in [-0.2, 0) is 25.3 Å². The Kier molecular flexibility index (Phi) is 6.03. The number of imidazole rings is 2. The molecular weight excluding hydrogens is 478 g/mol. The number of benzene rings is 1. The number of rotatable bonds is 4. The van der Waals surface area contributed by atoms with E-state index in [0.29, 0.717) is 12.2 Å². The van der Waals surface area contributed by atoms with E-state index in [1.807, 2.05) is 25.1 Å². The largest absolute Gasteiger partial charge is 0.391 e. The van der Waals surface area contributed by atoms with E-state index in [0.717, 1.165) is 21.2 Å². The maximum absolute atomic E-state index is 13.3. The predicted molar refractivity (Wildman–Crippen MR) is 136 cm³/mol. The minimum atomic E-state index is -1.46. The second-order valence-corrected chi connectivity index (χ2v) is 10.3. The highest BCUT2D eigenvalue weighted by Crippen LogP contribution is 2.33. The van der Waals surface area contributed by atoms with E-state index in [4.69, 9.17) is 0 Å². The van der Waals surface area contributed by atoms with Crippen molar-refractivity contribution in [3.05, 3.63) is 56.8 Å². The lowest BCUT2D eigenvalue weighted by Gasteiger charge is -2.34. The fourth-order valence-electron chi connectivity index (χ4n) is 5.28.